The van der Waals surface area contributed by atoms with Gasteiger partial charge >= 0.3 is 7.12 Å². The Bertz CT molecular complexity index is 5360. The largest absolute Gasteiger partial charge is 0.534 e. The number of hydrogen-bond acceptors (Lipinski definition) is 14. The monoisotopic (exact) mass is 1250 g/mol. The van der Waals surface area contributed by atoms with E-state index in [4.69, 9.17) is 60.8 Å². The minimum atomic E-state index is -0.664. The molecule has 0 atom stereocenters. The molecule has 16 aromatic rings. The van der Waals surface area contributed by atoms with Crippen molar-refractivity contribution in [3.05, 3.63) is 260 Å². The van der Waals surface area contributed by atoms with Gasteiger partial charge in [-0.15, -0.1) is 22.7 Å². The molecule has 0 N–H and O–H groups in total. The maximum atomic E-state index is 6.28. The molecule has 1 saturated heterocycles. The van der Waals surface area contributed by atoms with Crippen molar-refractivity contribution in [2.45, 2.75) is 38.9 Å². The maximum Gasteiger partial charge on any atom is 0.534 e. The van der Waals surface area contributed by atoms with E-state index in [2.05, 4.69) is 119 Å². The molecule has 0 aliphatic carbocycles. The maximum absolute atomic E-state index is 6.28. The van der Waals surface area contributed by atoms with Crippen LogP contribution in [0.5, 0.6) is 0 Å². The third-order valence-corrected chi connectivity index (χ3v) is 19.4. The van der Waals surface area contributed by atoms with Crippen molar-refractivity contribution >= 4 is 110 Å². The number of thiophene rings is 2. The third-order valence-electron chi connectivity index (χ3n) is 16.6. The zero-order valence-corrected chi connectivity index (χ0v) is 52.7. The summed E-state index contributed by atoms with van der Waals surface area (Å²) >= 11 is 9.65. The van der Waals surface area contributed by atoms with E-state index in [1.54, 1.807) is 28.9 Å². The van der Waals surface area contributed by atoms with Gasteiger partial charge in [-0.05, 0) is 86.3 Å². The first-order valence-electron chi connectivity index (χ1n) is 30.1. The van der Waals surface area contributed by atoms with Crippen molar-refractivity contribution in [2.75, 3.05) is 0 Å². The summed E-state index contributed by atoms with van der Waals surface area (Å²) in [5, 5.41) is 5.12. The average molecular weight is 1250 g/mol. The number of rotatable bonds is 8. The van der Waals surface area contributed by atoms with Gasteiger partial charge in [-0.3, -0.25) is 9.97 Å². The molecule has 9 heterocycles. The smallest absolute Gasteiger partial charge is 0.397 e. The molecule has 1 aliphatic heterocycles. The summed E-state index contributed by atoms with van der Waals surface area (Å²) in [6, 6.07) is 81.7. The van der Waals surface area contributed by atoms with Gasteiger partial charge in [0.1, 0.15) is 10.8 Å². The van der Waals surface area contributed by atoms with Crippen molar-refractivity contribution < 1.29 is 9.31 Å². The van der Waals surface area contributed by atoms with E-state index in [9.17, 15) is 0 Å². The van der Waals surface area contributed by atoms with Crippen LogP contribution in [0.15, 0.2) is 255 Å². The highest BCUT2D eigenvalue weighted by atomic mass is 35.5. The Hall–Kier alpha value is -10.4. The molecule has 16 heteroatoms. The van der Waals surface area contributed by atoms with Gasteiger partial charge in [0.25, 0.3) is 0 Å². The van der Waals surface area contributed by atoms with Crippen LogP contribution < -0.4 is 5.72 Å². The molecule has 0 radical (unpaired) electrons. The fourth-order valence-electron chi connectivity index (χ4n) is 11.2. The summed E-state index contributed by atoms with van der Waals surface area (Å²) in [5.74, 6) is 2.95. The first-order chi connectivity index (χ1) is 45.0. The minimum absolute atomic E-state index is 0.477. The normalized spacial score (nSPS) is 13.3. The summed E-state index contributed by atoms with van der Waals surface area (Å²) in [5.41, 5.74) is 12.0. The average Bonchev–Trinajstić information content (AvgIpc) is 1.57. The highest BCUT2D eigenvalue weighted by Gasteiger charge is 2.53. The quantitative estimate of drug-likeness (QED) is 0.105. The zero-order valence-electron chi connectivity index (χ0n) is 50.3. The molecule has 12 nitrogen and oxygen atoms in total. The van der Waals surface area contributed by atoms with Gasteiger partial charge in [0.2, 0.25) is 0 Å². The molecule has 0 amide bonds. The molecule has 8 aromatic heterocycles. The molecular formula is C76H54BClN10O2S2. The second-order valence-corrected chi connectivity index (χ2v) is 25.5. The second-order valence-electron chi connectivity index (χ2n) is 23.1. The van der Waals surface area contributed by atoms with Crippen LogP contribution in [0.25, 0.3) is 142 Å². The number of fused-ring (bicyclic) bond motifs is 10. The van der Waals surface area contributed by atoms with Crippen LogP contribution in [0.3, 0.4) is 0 Å². The number of nitrogens with zero attached hydrogens (tertiary/aromatic N) is 10. The molecule has 92 heavy (non-hydrogen) atoms. The Balaban J connectivity index is 0.000000123. The van der Waals surface area contributed by atoms with Crippen LogP contribution in [0.1, 0.15) is 27.7 Å². The SMILES string of the molecule is CC1(C)OB(c2nc(-c3ccccc3)nc(-c3ccc(-c4ccccc4)cc3)n2)OC1(C)C.Clc1nc2cccnc2c2c1sc1ccccc12.c1ccc(-c2ccc(-c3nc(-c4ccccc4)nc(-c4nc5cccnc5c5c4sc4ccccc45)n3)cc2)cc1. The van der Waals surface area contributed by atoms with Crippen molar-refractivity contribution in [3.63, 3.8) is 0 Å². The molecule has 0 bridgehead atoms. The molecule has 442 valence electrons. The number of pyridine rings is 4. The van der Waals surface area contributed by atoms with E-state index in [1.165, 1.54) is 25.9 Å². The van der Waals surface area contributed by atoms with E-state index in [-0.39, 0.29) is 0 Å². The van der Waals surface area contributed by atoms with E-state index in [1.807, 2.05) is 167 Å². The molecule has 0 saturated carbocycles. The van der Waals surface area contributed by atoms with Gasteiger partial charge in [-0.2, -0.15) is 0 Å². The van der Waals surface area contributed by atoms with E-state index in [0.717, 1.165) is 86.7 Å². The molecule has 1 aliphatic rings. The minimum Gasteiger partial charge on any atom is -0.397 e. The third kappa shape index (κ3) is 11.3. The Morgan fingerprint density at radius 1 is 0.337 bits per heavy atom. The number of benzene rings is 8. The van der Waals surface area contributed by atoms with Crippen LogP contribution in [0.2, 0.25) is 5.15 Å². The van der Waals surface area contributed by atoms with Crippen molar-refractivity contribution in [2.24, 2.45) is 0 Å². The van der Waals surface area contributed by atoms with Gasteiger partial charge in [-0.25, -0.2) is 39.9 Å². The fourth-order valence-corrected chi connectivity index (χ4v) is 13.8. The van der Waals surface area contributed by atoms with Gasteiger partial charge < -0.3 is 9.31 Å². The second kappa shape index (κ2) is 24.4. The lowest BCUT2D eigenvalue weighted by Gasteiger charge is -2.32. The predicted molar refractivity (Wildman–Crippen MR) is 377 cm³/mol. The van der Waals surface area contributed by atoms with Gasteiger partial charge in [-0.1, -0.05) is 218 Å². The molecule has 8 aromatic carbocycles. The van der Waals surface area contributed by atoms with Crippen LogP contribution >= 0.6 is 34.3 Å². The van der Waals surface area contributed by atoms with Crippen LogP contribution in [0, 0.1) is 0 Å². The van der Waals surface area contributed by atoms with Crippen LogP contribution in [0.4, 0.5) is 0 Å². The first-order valence-corrected chi connectivity index (χ1v) is 32.1. The number of halogens is 1. The lowest BCUT2D eigenvalue weighted by molar-refractivity contribution is 0.00578. The van der Waals surface area contributed by atoms with Crippen LogP contribution in [-0.4, -0.2) is 68.2 Å². The van der Waals surface area contributed by atoms with Gasteiger partial charge in [0.15, 0.2) is 34.8 Å². The van der Waals surface area contributed by atoms with E-state index >= 15 is 0 Å². The molecular weight excluding hydrogens is 1200 g/mol. The van der Waals surface area contributed by atoms with Crippen molar-refractivity contribution in [1.29, 1.82) is 0 Å². The Morgan fingerprint density at radius 2 is 0.685 bits per heavy atom. The Morgan fingerprint density at radius 3 is 1.15 bits per heavy atom. The first kappa shape index (κ1) is 58.0. The predicted octanol–water partition coefficient (Wildman–Crippen LogP) is 18.7. The molecule has 0 spiro atoms. The Labute approximate surface area is 543 Å². The number of aromatic nitrogens is 10. The highest BCUT2D eigenvalue weighted by molar-refractivity contribution is 7.27. The van der Waals surface area contributed by atoms with E-state index in [0.29, 0.717) is 40.0 Å². The summed E-state index contributed by atoms with van der Waals surface area (Å²) in [6.07, 6.45) is 3.62. The topological polar surface area (TPSA) is 147 Å². The van der Waals surface area contributed by atoms with Crippen molar-refractivity contribution in [3.8, 4) is 79.3 Å². The molecule has 1 fully saturated rings. The van der Waals surface area contributed by atoms with Gasteiger partial charge in [0.05, 0.1) is 42.7 Å². The van der Waals surface area contributed by atoms with Crippen molar-refractivity contribution in [1.82, 2.24) is 49.8 Å². The lowest BCUT2D eigenvalue weighted by atomic mass is 9.89. The van der Waals surface area contributed by atoms with Gasteiger partial charge in [0, 0.05) is 65.6 Å². The zero-order chi connectivity index (χ0) is 62.3. The highest BCUT2D eigenvalue weighted by Crippen LogP contribution is 2.43. The van der Waals surface area contributed by atoms with Crippen LogP contribution in [-0.2, 0) is 9.31 Å². The molecule has 0 unspecified atom stereocenters. The number of hydrogen-bond donors (Lipinski definition) is 0. The van der Waals surface area contributed by atoms with E-state index < -0.39 is 18.3 Å². The standard InChI is InChI=1S/C35H21N5S.C27H26BN3O2.C14H7ClN2S/c1-3-10-22(11-4-1)23-17-19-25(20-18-23)34-38-33(24-12-5-2-6-13-24)39-35(40-34)31-32-29(26-14-7-8-16-28(26)41-32)30-27(37-31)15-9-21-36-30;1-26(2)27(3,4)33-28(32-26)25-30-23(21-13-9-6-10-14-21)29-24(31-25)22-17-15-20(16-18-22)19-11-7-5-8-12-19;15-14-13-11(8-4-1-2-6-10(8)18-13)12-9(17-14)5-3-7-16-12/h1-21H;5-18H,1-4H3;1-7H. The summed E-state index contributed by atoms with van der Waals surface area (Å²) in [7, 11) is -0.664. The molecule has 17 rings (SSSR count). The Kier molecular flexibility index (Phi) is 15.4. The fraction of sp³-hybridized carbons (Fsp3) is 0.0789. The summed E-state index contributed by atoms with van der Waals surface area (Å²) < 4.78 is 16.9. The summed E-state index contributed by atoms with van der Waals surface area (Å²) in [4.78, 5) is 47.9. The summed E-state index contributed by atoms with van der Waals surface area (Å²) in [6.45, 7) is 8.09. The lowest BCUT2D eigenvalue weighted by Crippen LogP contribution is -2.41.